The molecular weight excluding hydrogens is 410 g/mol. The van der Waals surface area contributed by atoms with Gasteiger partial charge in [-0.2, -0.15) is 0 Å². The van der Waals surface area contributed by atoms with Crippen molar-refractivity contribution >= 4 is 29.0 Å². The Labute approximate surface area is 186 Å². The Morgan fingerprint density at radius 1 is 1.06 bits per heavy atom. The highest BCUT2D eigenvalue weighted by Crippen LogP contribution is 2.28. The van der Waals surface area contributed by atoms with Gasteiger partial charge in [-0.05, 0) is 56.7 Å². The van der Waals surface area contributed by atoms with Crippen molar-refractivity contribution in [3.05, 3.63) is 59.9 Å². The standard InChI is InChI=1S/C23H27N5O2S/c1-16-6-4-5-7-21(16)28-18(3)25-26-23(28)31-17(2)22(29)24-19-8-10-20(11-9-19)27-12-14-30-15-13-27/h4-11,17H,12-15H2,1-3H3,(H,24,29). The summed E-state index contributed by atoms with van der Waals surface area (Å²) in [5.41, 5.74) is 4.08. The second-order valence-electron chi connectivity index (χ2n) is 7.55. The van der Waals surface area contributed by atoms with Crippen molar-refractivity contribution in [3.63, 3.8) is 0 Å². The summed E-state index contributed by atoms with van der Waals surface area (Å²) in [4.78, 5) is 15.1. The molecule has 7 nitrogen and oxygen atoms in total. The first-order valence-electron chi connectivity index (χ1n) is 10.4. The number of aromatic nitrogens is 3. The lowest BCUT2D eigenvalue weighted by atomic mass is 10.2. The average molecular weight is 438 g/mol. The zero-order valence-corrected chi connectivity index (χ0v) is 18.9. The molecule has 1 amide bonds. The quantitative estimate of drug-likeness (QED) is 0.591. The van der Waals surface area contributed by atoms with Gasteiger partial charge in [0.1, 0.15) is 5.82 Å². The van der Waals surface area contributed by atoms with Crippen molar-refractivity contribution in [2.45, 2.75) is 31.2 Å². The summed E-state index contributed by atoms with van der Waals surface area (Å²) in [6.07, 6.45) is 0. The van der Waals surface area contributed by atoms with Gasteiger partial charge in [0.15, 0.2) is 5.16 Å². The summed E-state index contributed by atoms with van der Waals surface area (Å²) in [6, 6.07) is 16.1. The maximum atomic E-state index is 12.8. The minimum atomic E-state index is -0.328. The van der Waals surface area contributed by atoms with E-state index < -0.39 is 0 Å². The average Bonchev–Trinajstić information content (AvgIpc) is 3.15. The second kappa shape index (κ2) is 9.53. The third-order valence-corrected chi connectivity index (χ3v) is 6.36. The molecule has 0 spiro atoms. The highest BCUT2D eigenvalue weighted by molar-refractivity contribution is 8.00. The number of benzene rings is 2. The van der Waals surface area contributed by atoms with Crippen LogP contribution in [0.2, 0.25) is 0 Å². The molecule has 31 heavy (non-hydrogen) atoms. The monoisotopic (exact) mass is 437 g/mol. The smallest absolute Gasteiger partial charge is 0.237 e. The number of rotatable bonds is 6. The fraction of sp³-hybridized carbons (Fsp3) is 0.348. The van der Waals surface area contributed by atoms with Gasteiger partial charge in [0, 0.05) is 24.5 Å². The van der Waals surface area contributed by atoms with E-state index in [2.05, 4.69) is 33.4 Å². The predicted molar refractivity (Wildman–Crippen MR) is 124 cm³/mol. The van der Waals surface area contributed by atoms with Gasteiger partial charge in [-0.25, -0.2) is 0 Å². The molecule has 1 N–H and O–H groups in total. The van der Waals surface area contributed by atoms with Gasteiger partial charge in [0.05, 0.1) is 24.2 Å². The third kappa shape index (κ3) is 4.91. The van der Waals surface area contributed by atoms with Crippen LogP contribution in [0.25, 0.3) is 5.69 Å². The molecule has 1 aromatic heterocycles. The fourth-order valence-corrected chi connectivity index (χ4v) is 4.45. The number of carbonyl (C=O) groups is 1. The lowest BCUT2D eigenvalue weighted by Gasteiger charge is -2.28. The summed E-state index contributed by atoms with van der Waals surface area (Å²) in [5.74, 6) is 0.726. The Morgan fingerprint density at radius 3 is 2.48 bits per heavy atom. The van der Waals surface area contributed by atoms with E-state index in [1.165, 1.54) is 11.8 Å². The molecule has 1 saturated heterocycles. The van der Waals surface area contributed by atoms with E-state index in [0.717, 1.165) is 54.8 Å². The summed E-state index contributed by atoms with van der Waals surface area (Å²) in [6.45, 7) is 9.14. The number of para-hydroxylation sites is 1. The van der Waals surface area contributed by atoms with Crippen LogP contribution in [0.15, 0.2) is 53.7 Å². The first kappa shape index (κ1) is 21.4. The lowest BCUT2D eigenvalue weighted by Crippen LogP contribution is -2.36. The van der Waals surface area contributed by atoms with E-state index in [1.54, 1.807) is 0 Å². The highest BCUT2D eigenvalue weighted by Gasteiger charge is 2.21. The molecule has 2 heterocycles. The molecule has 0 aliphatic carbocycles. The lowest BCUT2D eigenvalue weighted by molar-refractivity contribution is -0.115. The van der Waals surface area contributed by atoms with Gasteiger partial charge in [0.25, 0.3) is 0 Å². The number of morpholine rings is 1. The van der Waals surface area contributed by atoms with Crippen LogP contribution in [0.3, 0.4) is 0 Å². The van der Waals surface area contributed by atoms with Crippen LogP contribution < -0.4 is 10.2 Å². The Hall–Kier alpha value is -2.84. The predicted octanol–water partition coefficient (Wildman–Crippen LogP) is 3.84. The summed E-state index contributed by atoms with van der Waals surface area (Å²) >= 11 is 1.40. The number of amides is 1. The Bertz CT molecular complexity index is 1040. The van der Waals surface area contributed by atoms with E-state index in [9.17, 15) is 4.79 Å². The van der Waals surface area contributed by atoms with Crippen LogP contribution in [-0.2, 0) is 9.53 Å². The molecule has 0 saturated carbocycles. The number of ether oxygens (including phenoxy) is 1. The first-order chi connectivity index (χ1) is 15.0. The zero-order chi connectivity index (χ0) is 21.8. The van der Waals surface area contributed by atoms with Gasteiger partial charge in [-0.3, -0.25) is 9.36 Å². The molecule has 0 bridgehead atoms. The number of nitrogens with zero attached hydrogens (tertiary/aromatic N) is 4. The highest BCUT2D eigenvalue weighted by atomic mass is 32.2. The van der Waals surface area contributed by atoms with Crippen molar-refractivity contribution in [2.24, 2.45) is 0 Å². The fourth-order valence-electron chi connectivity index (χ4n) is 3.54. The SMILES string of the molecule is Cc1ccccc1-n1c(C)nnc1SC(C)C(=O)Nc1ccc(N2CCOCC2)cc1. The van der Waals surface area contributed by atoms with Crippen molar-refractivity contribution in [1.82, 2.24) is 14.8 Å². The van der Waals surface area contributed by atoms with E-state index in [0.29, 0.717) is 5.16 Å². The van der Waals surface area contributed by atoms with Crippen molar-refractivity contribution in [2.75, 3.05) is 36.5 Å². The molecule has 1 aliphatic rings. The Balaban J connectivity index is 1.42. The van der Waals surface area contributed by atoms with E-state index in [1.807, 2.05) is 60.9 Å². The molecule has 2 aromatic carbocycles. The van der Waals surface area contributed by atoms with Gasteiger partial charge >= 0.3 is 0 Å². The van der Waals surface area contributed by atoms with Gasteiger partial charge in [-0.1, -0.05) is 30.0 Å². The number of aryl methyl sites for hydroxylation is 2. The third-order valence-electron chi connectivity index (χ3n) is 5.31. The van der Waals surface area contributed by atoms with Crippen LogP contribution in [0, 0.1) is 13.8 Å². The maximum Gasteiger partial charge on any atom is 0.237 e. The molecule has 1 unspecified atom stereocenters. The van der Waals surface area contributed by atoms with Crippen molar-refractivity contribution < 1.29 is 9.53 Å². The summed E-state index contributed by atoms with van der Waals surface area (Å²) in [5, 5.41) is 11.9. The molecule has 0 radical (unpaired) electrons. The molecule has 1 atom stereocenters. The van der Waals surface area contributed by atoms with Crippen molar-refractivity contribution in [1.29, 1.82) is 0 Å². The molecular formula is C23H27N5O2S. The molecule has 1 aliphatic heterocycles. The van der Waals surface area contributed by atoms with Crippen LogP contribution in [0.4, 0.5) is 11.4 Å². The van der Waals surface area contributed by atoms with Crippen LogP contribution in [0.5, 0.6) is 0 Å². The Kier molecular flexibility index (Phi) is 6.58. The number of nitrogens with one attached hydrogen (secondary N) is 1. The van der Waals surface area contributed by atoms with Gasteiger partial charge in [0.2, 0.25) is 5.91 Å². The number of thioether (sulfide) groups is 1. The van der Waals surface area contributed by atoms with E-state index in [4.69, 9.17) is 4.74 Å². The van der Waals surface area contributed by atoms with Crippen LogP contribution in [0.1, 0.15) is 18.3 Å². The molecule has 1 fully saturated rings. The molecule has 8 heteroatoms. The van der Waals surface area contributed by atoms with E-state index in [-0.39, 0.29) is 11.2 Å². The van der Waals surface area contributed by atoms with Gasteiger partial charge in [-0.15, -0.1) is 10.2 Å². The maximum absolute atomic E-state index is 12.8. The normalized spacial score (nSPS) is 15.0. The number of hydrogen-bond acceptors (Lipinski definition) is 6. The van der Waals surface area contributed by atoms with Crippen LogP contribution >= 0.6 is 11.8 Å². The Morgan fingerprint density at radius 2 is 1.77 bits per heavy atom. The second-order valence-corrected chi connectivity index (χ2v) is 8.86. The topological polar surface area (TPSA) is 72.3 Å². The van der Waals surface area contributed by atoms with E-state index >= 15 is 0 Å². The molecule has 4 rings (SSSR count). The minimum Gasteiger partial charge on any atom is -0.378 e. The number of hydrogen-bond donors (Lipinski definition) is 1. The number of carbonyl (C=O) groups excluding carboxylic acids is 1. The molecule has 162 valence electrons. The zero-order valence-electron chi connectivity index (χ0n) is 18.0. The number of anilines is 2. The van der Waals surface area contributed by atoms with Crippen molar-refractivity contribution in [3.8, 4) is 5.69 Å². The summed E-state index contributed by atoms with van der Waals surface area (Å²) in [7, 11) is 0. The minimum absolute atomic E-state index is 0.0684. The summed E-state index contributed by atoms with van der Waals surface area (Å²) < 4.78 is 7.41. The van der Waals surface area contributed by atoms with Crippen LogP contribution in [-0.4, -0.2) is 52.2 Å². The molecule has 3 aromatic rings. The van der Waals surface area contributed by atoms with Gasteiger partial charge < -0.3 is 15.0 Å². The first-order valence-corrected chi connectivity index (χ1v) is 11.3. The largest absolute Gasteiger partial charge is 0.378 e.